The van der Waals surface area contributed by atoms with Crippen LogP contribution in [0.15, 0.2) is 48.7 Å². The first-order valence-electron chi connectivity index (χ1n) is 18.6. The predicted octanol–water partition coefficient (Wildman–Crippen LogP) is 9.96. The minimum atomic E-state index is -0.803. The number of benzene rings is 1. The van der Waals surface area contributed by atoms with E-state index in [9.17, 15) is 14.7 Å². The number of hydrogen-bond acceptors (Lipinski definition) is 9. The minimum Gasteiger partial charge on any atom is -0.469 e. The normalized spacial score (nSPS) is 14.7. The Labute approximate surface area is 326 Å². The van der Waals surface area contributed by atoms with E-state index in [2.05, 4.69) is 9.72 Å². The van der Waals surface area contributed by atoms with Gasteiger partial charge in [0.25, 0.3) is 5.91 Å². The predicted molar refractivity (Wildman–Crippen MR) is 223 cm³/mol. The Balaban J connectivity index is -0.000000791. The first-order valence-corrected chi connectivity index (χ1v) is 19.8. The van der Waals surface area contributed by atoms with Crippen molar-refractivity contribution in [2.45, 2.75) is 121 Å². The summed E-state index contributed by atoms with van der Waals surface area (Å²) in [6, 6.07) is 5.52. The molecule has 0 unspecified atom stereocenters. The van der Waals surface area contributed by atoms with Crippen molar-refractivity contribution in [2.24, 2.45) is 5.41 Å². The van der Waals surface area contributed by atoms with Crippen LogP contribution in [0.2, 0.25) is 5.02 Å². The topological polar surface area (TPSA) is 107 Å². The molecule has 1 amide bonds. The second-order valence-corrected chi connectivity index (χ2v) is 12.2. The smallest absolute Gasteiger partial charge is 0.310 e. The number of esters is 1. The van der Waals surface area contributed by atoms with E-state index in [4.69, 9.17) is 25.8 Å². The van der Waals surface area contributed by atoms with E-state index >= 15 is 0 Å². The van der Waals surface area contributed by atoms with Crippen LogP contribution in [0.1, 0.15) is 105 Å². The molecule has 2 atom stereocenters. The summed E-state index contributed by atoms with van der Waals surface area (Å²) in [4.78, 5) is 32.7. The van der Waals surface area contributed by atoms with Crippen LogP contribution >= 0.6 is 22.9 Å². The van der Waals surface area contributed by atoms with Gasteiger partial charge in [-0.3, -0.25) is 9.59 Å². The third-order valence-electron chi connectivity index (χ3n) is 6.25. The molecule has 11 heteroatoms. The van der Waals surface area contributed by atoms with Crippen molar-refractivity contribution in [2.75, 3.05) is 53.1 Å². The number of anilines is 1. The highest BCUT2D eigenvalue weighted by Gasteiger charge is 2.36. The Hall–Kier alpha value is -2.60. The molecule has 3 rings (SSSR count). The van der Waals surface area contributed by atoms with E-state index in [1.54, 1.807) is 38.5 Å². The maximum atomic E-state index is 14.1. The van der Waals surface area contributed by atoms with E-state index in [0.717, 1.165) is 16.1 Å². The molecule has 1 N–H and O–H groups in total. The lowest BCUT2D eigenvalue weighted by Crippen LogP contribution is -2.49. The lowest BCUT2D eigenvalue weighted by molar-refractivity contribution is -0.139. The SMILES string of the molecule is CC.CC.CC.CC.CC.COC.COC/C=C\C=C/C[C@@H]1Cc2cc(Cl)ccc2N(CC(C)(C)CO)C(=O)[C@@H](Cc2ncc(CC(=O)OC)s2)O1. The Morgan fingerprint density at radius 3 is 2.13 bits per heavy atom. The third kappa shape index (κ3) is 23.9. The number of aliphatic hydroxyl groups excluding tert-OH is 1. The molecule has 1 aliphatic rings. The highest BCUT2D eigenvalue weighted by Crippen LogP contribution is 2.33. The molecule has 2 aromatic rings. The molecule has 1 aromatic carbocycles. The molecule has 0 fully saturated rings. The summed E-state index contributed by atoms with van der Waals surface area (Å²) in [5.41, 5.74) is 1.13. The van der Waals surface area contributed by atoms with Gasteiger partial charge in [-0.15, -0.1) is 11.3 Å². The zero-order chi connectivity index (χ0) is 41.1. The van der Waals surface area contributed by atoms with Gasteiger partial charge in [0.15, 0.2) is 0 Å². The van der Waals surface area contributed by atoms with Gasteiger partial charge in [-0.25, -0.2) is 4.98 Å². The fraction of sp³-hybridized carbons (Fsp3) is 0.634. The number of nitrogens with zero attached hydrogens (tertiary/aromatic N) is 2. The maximum Gasteiger partial charge on any atom is 0.310 e. The first kappa shape index (κ1) is 56.1. The molecule has 9 nitrogen and oxygen atoms in total. The number of halogens is 1. The van der Waals surface area contributed by atoms with Crippen LogP contribution in [-0.2, 0) is 47.8 Å². The number of carbonyl (C=O) groups is 2. The fourth-order valence-electron chi connectivity index (χ4n) is 4.21. The average molecular weight is 774 g/mol. The van der Waals surface area contributed by atoms with Crippen molar-refractivity contribution in [3.05, 3.63) is 69.2 Å². The number of rotatable bonds is 12. The van der Waals surface area contributed by atoms with Crippen LogP contribution in [0.25, 0.3) is 0 Å². The van der Waals surface area contributed by atoms with Gasteiger partial charge in [0, 0.05) is 74.5 Å². The number of hydrogen-bond donors (Lipinski definition) is 1. The average Bonchev–Trinajstić information content (AvgIpc) is 3.62. The number of carbonyl (C=O) groups excluding carboxylic acids is 2. The minimum absolute atomic E-state index is 0.0847. The van der Waals surface area contributed by atoms with Gasteiger partial charge >= 0.3 is 5.97 Å². The molecule has 0 aliphatic carbocycles. The Bertz CT molecular complexity index is 1200. The summed E-state index contributed by atoms with van der Waals surface area (Å²) < 4.78 is 20.5. The number of aromatic nitrogens is 1. The van der Waals surface area contributed by atoms with Crippen LogP contribution in [0.5, 0.6) is 0 Å². The Morgan fingerprint density at radius 2 is 1.60 bits per heavy atom. The molecular weight excluding hydrogens is 700 g/mol. The number of amides is 1. The van der Waals surface area contributed by atoms with Crippen molar-refractivity contribution < 1.29 is 33.6 Å². The second kappa shape index (κ2) is 36.7. The van der Waals surface area contributed by atoms with E-state index in [-0.39, 0.29) is 37.4 Å². The summed E-state index contributed by atoms with van der Waals surface area (Å²) in [6.45, 7) is 24.6. The monoisotopic (exact) mass is 772 g/mol. The van der Waals surface area contributed by atoms with Gasteiger partial charge in [-0.1, -0.05) is 119 Å². The van der Waals surface area contributed by atoms with Crippen LogP contribution in [-0.4, -0.2) is 82.4 Å². The molecule has 0 spiro atoms. The molecule has 52 heavy (non-hydrogen) atoms. The van der Waals surface area contributed by atoms with E-state index < -0.39 is 11.5 Å². The van der Waals surface area contributed by atoms with Crippen LogP contribution in [0.3, 0.4) is 0 Å². The van der Waals surface area contributed by atoms with Crippen molar-refractivity contribution in [1.29, 1.82) is 0 Å². The summed E-state index contributed by atoms with van der Waals surface area (Å²) in [6.07, 6.45) is 9.84. The van der Waals surface area contributed by atoms with Gasteiger partial charge < -0.3 is 29.0 Å². The Kier molecular flexibility index (Phi) is 39.7. The number of methoxy groups -OCH3 is 3. The van der Waals surface area contributed by atoms with Gasteiger partial charge in [0.2, 0.25) is 0 Å². The third-order valence-corrected chi connectivity index (χ3v) is 7.50. The van der Waals surface area contributed by atoms with Gasteiger partial charge in [-0.2, -0.15) is 0 Å². The van der Waals surface area contributed by atoms with Gasteiger partial charge in [0.1, 0.15) is 6.10 Å². The maximum absolute atomic E-state index is 14.1. The quantitative estimate of drug-likeness (QED) is 0.168. The van der Waals surface area contributed by atoms with Crippen molar-refractivity contribution in [3.8, 4) is 0 Å². The number of thiazole rings is 1. The number of ether oxygens (including phenoxy) is 4. The van der Waals surface area contributed by atoms with Crippen LogP contribution in [0, 0.1) is 5.41 Å². The van der Waals surface area contributed by atoms with Gasteiger partial charge in [-0.05, 0) is 30.2 Å². The highest BCUT2D eigenvalue weighted by molar-refractivity contribution is 7.11. The highest BCUT2D eigenvalue weighted by atomic mass is 35.5. The standard InChI is InChI=1S/C29H37ClN2O6S.C2H6O.5C2H6/c1-29(2,19-33)18-32-24-11-10-21(30)13-20(24)14-22(9-7-5-6-8-12-36-3)38-25(28(32)35)16-26-31-17-23(39-26)15-27(34)37-4;1-3-2;5*1-2/h5-8,10-11,13,17,22,25,33H,9,12,14-16,18-19H2,1-4H3;1-2H3;5*1-2H3/b7-5-,8-6-;;;;;;/t22-,25-;;;;;;/m1....../s1. The molecule has 0 radical (unpaired) electrons. The Morgan fingerprint density at radius 1 is 1.02 bits per heavy atom. The fourth-order valence-corrected chi connectivity index (χ4v) is 5.34. The van der Waals surface area contributed by atoms with Gasteiger partial charge in [0.05, 0.1) is 31.2 Å². The number of allylic oxidation sites excluding steroid dienone is 2. The zero-order valence-electron chi connectivity index (χ0n) is 35.3. The molecule has 1 aliphatic heterocycles. The van der Waals surface area contributed by atoms with Crippen molar-refractivity contribution >= 4 is 40.5 Å². The van der Waals surface area contributed by atoms with Crippen LogP contribution < -0.4 is 4.90 Å². The van der Waals surface area contributed by atoms with E-state index in [1.165, 1.54) is 18.4 Å². The second-order valence-electron chi connectivity index (χ2n) is 10.6. The zero-order valence-corrected chi connectivity index (χ0v) is 36.9. The number of fused-ring (bicyclic) bond motifs is 1. The molecule has 0 bridgehead atoms. The molecular formula is C41H73ClN2O7S. The molecule has 0 saturated heterocycles. The molecule has 0 saturated carbocycles. The molecule has 1 aromatic heterocycles. The molecule has 302 valence electrons. The largest absolute Gasteiger partial charge is 0.469 e. The van der Waals surface area contributed by atoms with Crippen molar-refractivity contribution in [1.82, 2.24) is 4.98 Å². The van der Waals surface area contributed by atoms with Crippen LogP contribution in [0.4, 0.5) is 5.69 Å². The van der Waals surface area contributed by atoms with E-state index in [1.807, 2.05) is 120 Å². The van der Waals surface area contributed by atoms with E-state index in [0.29, 0.717) is 36.0 Å². The first-order chi connectivity index (χ1) is 25.1. The lowest BCUT2D eigenvalue weighted by atomic mass is 9.92. The van der Waals surface area contributed by atoms with Crippen molar-refractivity contribution in [3.63, 3.8) is 0 Å². The summed E-state index contributed by atoms with van der Waals surface area (Å²) in [5, 5.41) is 11.3. The summed E-state index contributed by atoms with van der Waals surface area (Å²) in [7, 11) is 6.24. The lowest BCUT2D eigenvalue weighted by Gasteiger charge is -2.38. The summed E-state index contributed by atoms with van der Waals surface area (Å²) in [5.74, 6) is -0.555. The summed E-state index contributed by atoms with van der Waals surface area (Å²) >= 11 is 7.73. The number of aliphatic hydroxyl groups is 1. The molecule has 2 heterocycles.